The second-order valence-corrected chi connectivity index (χ2v) is 4.46. The van der Waals surface area contributed by atoms with Crippen molar-refractivity contribution in [3.8, 4) is 5.82 Å². The van der Waals surface area contributed by atoms with Crippen LogP contribution < -0.4 is 10.00 Å². The molecule has 100 valence electrons. The molecule has 0 saturated carbocycles. The van der Waals surface area contributed by atoms with Crippen LogP contribution in [-0.2, 0) is 0 Å². The molecule has 0 spiro atoms. The molecule has 0 saturated heterocycles. The van der Waals surface area contributed by atoms with E-state index in [0.717, 1.165) is 16.9 Å². The smallest absolute Gasteiger partial charge is 0.353 e. The third kappa shape index (κ3) is 2.49. The van der Waals surface area contributed by atoms with E-state index in [0.29, 0.717) is 11.8 Å². The lowest BCUT2D eigenvalue weighted by Crippen LogP contribution is -2.34. The first-order valence-corrected chi connectivity index (χ1v) is 6.21. The maximum Gasteiger partial charge on any atom is 0.353 e. The summed E-state index contributed by atoms with van der Waals surface area (Å²) in [5.41, 5.74) is 2.13. The van der Waals surface area contributed by atoms with Crippen LogP contribution in [0.4, 0.5) is 11.8 Å². The number of hydrogen-bond donors (Lipinski definition) is 1. The average Bonchev–Trinajstić information content (AvgIpc) is 2.87. The SMILES string of the molecule is Cc1ccnc(Nc2n[n+](-c3ncccc3C)co2)c1. The fourth-order valence-electron chi connectivity index (χ4n) is 1.83. The molecule has 3 aromatic heterocycles. The van der Waals surface area contributed by atoms with E-state index in [1.54, 1.807) is 17.1 Å². The third-order valence-corrected chi connectivity index (χ3v) is 2.81. The molecule has 3 aromatic rings. The van der Waals surface area contributed by atoms with E-state index in [1.807, 2.05) is 38.1 Å². The fourth-order valence-corrected chi connectivity index (χ4v) is 1.83. The molecule has 3 heterocycles. The van der Waals surface area contributed by atoms with Gasteiger partial charge in [0.2, 0.25) is 0 Å². The van der Waals surface area contributed by atoms with Gasteiger partial charge in [0.1, 0.15) is 12.0 Å². The number of rotatable bonds is 3. The summed E-state index contributed by atoms with van der Waals surface area (Å²) in [7, 11) is 0. The summed E-state index contributed by atoms with van der Waals surface area (Å²) in [4.78, 5) is 8.48. The topological polar surface area (TPSA) is 67.7 Å². The minimum absolute atomic E-state index is 0.369. The van der Waals surface area contributed by atoms with E-state index in [1.165, 1.54) is 6.39 Å². The minimum Gasteiger partial charge on any atom is -0.390 e. The lowest BCUT2D eigenvalue weighted by molar-refractivity contribution is -0.663. The van der Waals surface area contributed by atoms with Gasteiger partial charge in [-0.2, -0.15) is 0 Å². The van der Waals surface area contributed by atoms with Gasteiger partial charge in [-0.05, 0) is 53.8 Å². The van der Waals surface area contributed by atoms with Crippen molar-refractivity contribution in [2.45, 2.75) is 13.8 Å². The Kier molecular flexibility index (Phi) is 3.12. The zero-order chi connectivity index (χ0) is 13.9. The Hall–Kier alpha value is -2.76. The van der Waals surface area contributed by atoms with Gasteiger partial charge in [0, 0.05) is 11.8 Å². The van der Waals surface area contributed by atoms with Crippen LogP contribution >= 0.6 is 0 Å². The second kappa shape index (κ2) is 5.08. The molecule has 0 fully saturated rings. The first-order chi connectivity index (χ1) is 9.72. The van der Waals surface area contributed by atoms with Crippen molar-refractivity contribution in [3.63, 3.8) is 0 Å². The standard InChI is InChI=1S/C14H14N5O/c1-10-5-7-15-12(8-10)17-14-18-19(9-20-14)13-11(2)4-3-6-16-13/h3-9H,1-2H3,(H,15,17,18)/q+1. The van der Waals surface area contributed by atoms with Crippen LogP contribution in [0.5, 0.6) is 0 Å². The summed E-state index contributed by atoms with van der Waals surface area (Å²) >= 11 is 0. The number of aryl methyl sites for hydroxylation is 2. The van der Waals surface area contributed by atoms with Crippen LogP contribution in [0.2, 0.25) is 0 Å². The largest absolute Gasteiger partial charge is 0.390 e. The summed E-state index contributed by atoms with van der Waals surface area (Å²) in [6.45, 7) is 3.97. The van der Waals surface area contributed by atoms with Gasteiger partial charge < -0.3 is 4.42 Å². The predicted molar refractivity (Wildman–Crippen MR) is 72.8 cm³/mol. The van der Waals surface area contributed by atoms with Crippen molar-refractivity contribution in [1.82, 2.24) is 15.1 Å². The molecule has 0 bridgehead atoms. The van der Waals surface area contributed by atoms with Gasteiger partial charge in [-0.15, -0.1) is 0 Å². The molecule has 0 aliphatic heterocycles. The zero-order valence-corrected chi connectivity index (χ0v) is 11.2. The average molecular weight is 268 g/mol. The lowest BCUT2D eigenvalue weighted by atomic mass is 10.3. The number of nitrogens with one attached hydrogen (secondary N) is 1. The maximum absolute atomic E-state index is 5.38. The normalized spacial score (nSPS) is 10.5. The Morgan fingerprint density at radius 1 is 1.15 bits per heavy atom. The van der Waals surface area contributed by atoms with Gasteiger partial charge in [-0.3, -0.25) is 5.32 Å². The molecule has 1 N–H and O–H groups in total. The monoisotopic (exact) mass is 268 g/mol. The summed E-state index contributed by atoms with van der Waals surface area (Å²) < 4.78 is 6.97. The quantitative estimate of drug-likeness (QED) is 0.737. The van der Waals surface area contributed by atoms with E-state index in [4.69, 9.17) is 4.42 Å². The van der Waals surface area contributed by atoms with Gasteiger partial charge in [-0.1, -0.05) is 4.68 Å². The zero-order valence-electron chi connectivity index (χ0n) is 11.2. The van der Waals surface area contributed by atoms with E-state index >= 15 is 0 Å². The molecule has 0 aromatic carbocycles. The molecule has 3 rings (SSSR count). The lowest BCUT2D eigenvalue weighted by Gasteiger charge is -1.99. The van der Waals surface area contributed by atoms with Gasteiger partial charge in [-0.25, -0.2) is 4.98 Å². The molecule has 0 atom stereocenters. The van der Waals surface area contributed by atoms with Gasteiger partial charge >= 0.3 is 11.8 Å². The summed E-state index contributed by atoms with van der Waals surface area (Å²) in [6.07, 6.45) is 4.96. The Morgan fingerprint density at radius 2 is 2.05 bits per heavy atom. The van der Waals surface area contributed by atoms with Crippen LogP contribution in [0.15, 0.2) is 47.5 Å². The van der Waals surface area contributed by atoms with Gasteiger partial charge in [0.15, 0.2) is 0 Å². The number of aromatic nitrogens is 4. The van der Waals surface area contributed by atoms with Crippen molar-refractivity contribution >= 4 is 11.8 Å². The van der Waals surface area contributed by atoms with Crippen molar-refractivity contribution in [2.75, 3.05) is 5.32 Å². The molecule has 0 aliphatic rings. The molecular weight excluding hydrogens is 254 g/mol. The molecule has 0 amide bonds. The fraction of sp³-hybridized carbons (Fsp3) is 0.143. The Morgan fingerprint density at radius 3 is 2.85 bits per heavy atom. The van der Waals surface area contributed by atoms with E-state index in [9.17, 15) is 0 Å². The molecule has 6 heteroatoms. The Labute approximate surface area is 116 Å². The molecular formula is C14H14N5O+. The molecule has 0 unspecified atom stereocenters. The summed E-state index contributed by atoms with van der Waals surface area (Å²) in [6, 6.07) is 8.07. The number of anilines is 2. The van der Waals surface area contributed by atoms with Crippen LogP contribution in [-0.4, -0.2) is 15.1 Å². The molecule has 0 aliphatic carbocycles. The van der Waals surface area contributed by atoms with Gasteiger partial charge in [0.25, 0.3) is 6.39 Å². The highest BCUT2D eigenvalue weighted by Crippen LogP contribution is 2.12. The summed E-state index contributed by atoms with van der Waals surface area (Å²) in [5.74, 6) is 1.43. The molecule has 6 nitrogen and oxygen atoms in total. The van der Waals surface area contributed by atoms with Gasteiger partial charge in [0.05, 0.1) is 0 Å². The van der Waals surface area contributed by atoms with Crippen LogP contribution in [0, 0.1) is 13.8 Å². The molecule has 20 heavy (non-hydrogen) atoms. The Balaban J connectivity index is 1.86. The first-order valence-electron chi connectivity index (χ1n) is 6.21. The van der Waals surface area contributed by atoms with Crippen LogP contribution in [0.25, 0.3) is 5.82 Å². The van der Waals surface area contributed by atoms with Crippen molar-refractivity contribution in [1.29, 1.82) is 0 Å². The number of hydrogen-bond acceptors (Lipinski definition) is 5. The van der Waals surface area contributed by atoms with Crippen LogP contribution in [0.3, 0.4) is 0 Å². The van der Waals surface area contributed by atoms with E-state index < -0.39 is 0 Å². The predicted octanol–water partition coefficient (Wildman–Crippen LogP) is 2.10. The number of nitrogens with zero attached hydrogens (tertiary/aromatic N) is 4. The highest BCUT2D eigenvalue weighted by Gasteiger charge is 2.16. The van der Waals surface area contributed by atoms with Crippen LogP contribution in [0.1, 0.15) is 11.1 Å². The highest BCUT2D eigenvalue weighted by molar-refractivity contribution is 5.46. The first kappa shape index (κ1) is 12.3. The van der Waals surface area contributed by atoms with Crippen molar-refractivity contribution in [2.24, 2.45) is 0 Å². The summed E-state index contributed by atoms with van der Waals surface area (Å²) in [5, 5.41) is 7.32. The maximum atomic E-state index is 5.38. The Bertz CT molecular complexity index is 738. The van der Waals surface area contributed by atoms with Crippen molar-refractivity contribution < 1.29 is 9.10 Å². The second-order valence-electron chi connectivity index (χ2n) is 4.46. The van der Waals surface area contributed by atoms with E-state index in [-0.39, 0.29) is 0 Å². The van der Waals surface area contributed by atoms with Crippen molar-refractivity contribution in [3.05, 3.63) is 54.2 Å². The minimum atomic E-state index is 0.369. The van der Waals surface area contributed by atoms with E-state index in [2.05, 4.69) is 20.4 Å². The number of pyridine rings is 2. The highest BCUT2D eigenvalue weighted by atomic mass is 16.4. The molecule has 0 radical (unpaired) electrons. The third-order valence-electron chi connectivity index (χ3n) is 2.81.